The van der Waals surface area contributed by atoms with Crippen molar-refractivity contribution >= 4 is 22.9 Å². The first-order valence-corrected chi connectivity index (χ1v) is 7.90. The molecule has 25 heavy (non-hydrogen) atoms. The highest BCUT2D eigenvalue weighted by atomic mass is 32.1. The van der Waals surface area contributed by atoms with E-state index in [1.54, 1.807) is 12.4 Å². The van der Waals surface area contributed by atoms with Gasteiger partial charge in [0, 0.05) is 17.1 Å². The topological polar surface area (TPSA) is 112 Å². The fourth-order valence-electron chi connectivity index (χ4n) is 1.99. The Bertz CT molecular complexity index is 926. The van der Waals surface area contributed by atoms with Crippen LogP contribution in [0.15, 0.2) is 24.0 Å². The van der Waals surface area contributed by atoms with Gasteiger partial charge >= 0.3 is 0 Å². The molecule has 3 heterocycles. The molecule has 0 aliphatic heterocycles. The van der Waals surface area contributed by atoms with Gasteiger partial charge in [-0.25, -0.2) is 13.8 Å². The summed E-state index contributed by atoms with van der Waals surface area (Å²) < 4.78 is 27.3. The minimum atomic E-state index is -2.89. The third-order valence-electron chi connectivity index (χ3n) is 3.28. The summed E-state index contributed by atoms with van der Waals surface area (Å²) in [7, 11) is 0. The van der Waals surface area contributed by atoms with Gasteiger partial charge < -0.3 is 5.32 Å². The highest BCUT2D eigenvalue weighted by Gasteiger charge is 2.23. The Morgan fingerprint density at radius 2 is 2.32 bits per heavy atom. The van der Waals surface area contributed by atoms with E-state index < -0.39 is 24.1 Å². The van der Waals surface area contributed by atoms with Crippen molar-refractivity contribution in [2.75, 3.05) is 5.32 Å². The highest BCUT2D eigenvalue weighted by molar-refractivity contribution is 7.13. The van der Waals surface area contributed by atoms with Gasteiger partial charge in [-0.1, -0.05) is 0 Å². The van der Waals surface area contributed by atoms with Gasteiger partial charge in [0.1, 0.15) is 16.7 Å². The van der Waals surface area contributed by atoms with Gasteiger partial charge in [-0.15, -0.1) is 11.3 Å². The van der Waals surface area contributed by atoms with E-state index in [4.69, 9.17) is 5.26 Å². The summed E-state index contributed by atoms with van der Waals surface area (Å²) in [5.41, 5.74) is 0.0520. The summed E-state index contributed by atoms with van der Waals surface area (Å²) in [6.07, 6.45) is 1.50. The van der Waals surface area contributed by atoms with Crippen LogP contribution < -0.4 is 5.32 Å². The van der Waals surface area contributed by atoms with Crippen LogP contribution in [0.3, 0.4) is 0 Å². The molecule has 8 nitrogen and oxygen atoms in total. The third-order valence-corrected chi connectivity index (χ3v) is 4.17. The molecular weight excluding hydrogens is 352 g/mol. The molecule has 3 aromatic heterocycles. The van der Waals surface area contributed by atoms with Crippen molar-refractivity contribution in [3.63, 3.8) is 0 Å². The lowest BCUT2D eigenvalue weighted by Crippen LogP contribution is -2.13. The van der Waals surface area contributed by atoms with Crippen molar-refractivity contribution in [1.82, 2.24) is 25.0 Å². The second-order valence-corrected chi connectivity index (χ2v) is 5.85. The lowest BCUT2D eigenvalue weighted by Gasteiger charge is -2.02. The molecule has 0 saturated carbocycles. The maximum Gasteiger partial charge on any atom is 0.284 e. The number of aromatic nitrogens is 5. The zero-order chi connectivity index (χ0) is 18.0. The van der Waals surface area contributed by atoms with Gasteiger partial charge in [-0.3, -0.25) is 14.6 Å². The molecule has 3 rings (SSSR count). The van der Waals surface area contributed by atoms with Crippen molar-refractivity contribution in [3.05, 3.63) is 35.4 Å². The number of alkyl halides is 2. The van der Waals surface area contributed by atoms with Crippen LogP contribution in [0, 0.1) is 11.3 Å². The predicted octanol–water partition coefficient (Wildman–Crippen LogP) is 3.00. The van der Waals surface area contributed by atoms with Crippen LogP contribution in [0.1, 0.15) is 35.6 Å². The summed E-state index contributed by atoms with van der Waals surface area (Å²) in [5, 5.41) is 23.5. The molecule has 11 heteroatoms. The smallest absolute Gasteiger partial charge is 0.284 e. The molecule has 1 unspecified atom stereocenters. The van der Waals surface area contributed by atoms with E-state index in [2.05, 4.69) is 25.6 Å². The lowest BCUT2D eigenvalue weighted by atomic mass is 10.3. The largest absolute Gasteiger partial charge is 0.317 e. The van der Waals surface area contributed by atoms with Crippen LogP contribution in [0.4, 0.5) is 14.5 Å². The summed E-state index contributed by atoms with van der Waals surface area (Å²) in [6.45, 7) is 1.51. The number of hydrogen-bond donors (Lipinski definition) is 2. The van der Waals surface area contributed by atoms with Gasteiger partial charge in [0.2, 0.25) is 0 Å². The fraction of sp³-hybridized carbons (Fsp3) is 0.214. The lowest BCUT2D eigenvalue weighted by molar-refractivity contribution is 0.102. The molecule has 3 aromatic rings. The Morgan fingerprint density at radius 1 is 1.52 bits per heavy atom. The average Bonchev–Trinajstić information content (AvgIpc) is 3.32. The van der Waals surface area contributed by atoms with Gasteiger partial charge in [0.15, 0.2) is 5.69 Å². The normalized spacial score (nSPS) is 12.1. The molecule has 0 bridgehead atoms. The quantitative estimate of drug-likeness (QED) is 0.723. The summed E-state index contributed by atoms with van der Waals surface area (Å²) in [6, 6.07) is 1.15. The molecule has 1 amide bonds. The first-order chi connectivity index (χ1) is 12.0. The number of amides is 1. The second kappa shape index (κ2) is 6.78. The van der Waals surface area contributed by atoms with Crippen LogP contribution in [0.25, 0.3) is 10.6 Å². The average molecular weight is 363 g/mol. The van der Waals surface area contributed by atoms with E-state index in [0.29, 0.717) is 10.6 Å². The molecule has 0 aliphatic rings. The minimum Gasteiger partial charge on any atom is -0.317 e. The number of thiazole rings is 1. The fourth-order valence-corrected chi connectivity index (χ4v) is 2.77. The van der Waals surface area contributed by atoms with Crippen molar-refractivity contribution in [1.29, 1.82) is 5.26 Å². The number of halogens is 2. The molecular formula is C14H11F2N7OS. The van der Waals surface area contributed by atoms with E-state index in [1.807, 2.05) is 6.07 Å². The Labute approximate surface area is 144 Å². The standard InChI is InChI=1S/C14H11F2N7OS/c1-7(2-17)23-5-9(11(22-23)12(15)16)20-13(24)10-6-25-14(21-10)8-3-18-19-4-8/h3-7,12H,1H3,(H,18,19)(H,20,24). The molecule has 0 saturated heterocycles. The van der Waals surface area contributed by atoms with E-state index in [0.717, 1.165) is 4.68 Å². The van der Waals surface area contributed by atoms with Crippen molar-refractivity contribution in [3.8, 4) is 16.6 Å². The molecule has 0 radical (unpaired) electrons. The SMILES string of the molecule is CC(C#N)n1cc(NC(=O)c2csc(-c3cn[nH]c3)n2)c(C(F)F)n1. The number of nitrogens with one attached hydrogen (secondary N) is 2. The maximum absolute atomic E-state index is 13.1. The van der Waals surface area contributed by atoms with E-state index in [-0.39, 0.29) is 11.4 Å². The van der Waals surface area contributed by atoms with Crippen LogP contribution in [-0.2, 0) is 0 Å². The number of anilines is 1. The monoisotopic (exact) mass is 363 g/mol. The van der Waals surface area contributed by atoms with Crippen LogP contribution in [-0.4, -0.2) is 30.9 Å². The Hall–Kier alpha value is -3.13. The summed E-state index contributed by atoms with van der Waals surface area (Å²) >= 11 is 1.23. The number of rotatable bonds is 5. The predicted molar refractivity (Wildman–Crippen MR) is 85.2 cm³/mol. The van der Waals surface area contributed by atoms with E-state index in [1.165, 1.54) is 29.8 Å². The molecule has 1 atom stereocenters. The molecule has 0 fully saturated rings. The minimum absolute atomic E-state index is 0.0856. The third kappa shape index (κ3) is 3.38. The first kappa shape index (κ1) is 16.7. The van der Waals surface area contributed by atoms with Crippen LogP contribution in [0.2, 0.25) is 0 Å². The van der Waals surface area contributed by atoms with Crippen LogP contribution in [0.5, 0.6) is 0 Å². The highest BCUT2D eigenvalue weighted by Crippen LogP contribution is 2.28. The van der Waals surface area contributed by atoms with Gasteiger partial charge in [0.25, 0.3) is 12.3 Å². The van der Waals surface area contributed by atoms with Crippen molar-refractivity contribution in [2.24, 2.45) is 0 Å². The van der Waals surface area contributed by atoms with E-state index >= 15 is 0 Å². The number of aromatic amines is 1. The first-order valence-electron chi connectivity index (χ1n) is 7.02. The Balaban J connectivity index is 1.83. The van der Waals surface area contributed by atoms with Gasteiger partial charge in [0.05, 0.1) is 24.2 Å². The maximum atomic E-state index is 13.1. The van der Waals surface area contributed by atoms with Gasteiger partial charge in [-0.2, -0.15) is 15.5 Å². The number of carbonyl (C=O) groups excluding carboxylic acids is 1. The number of nitriles is 1. The van der Waals surface area contributed by atoms with Crippen molar-refractivity contribution < 1.29 is 13.6 Å². The number of carbonyl (C=O) groups is 1. The molecule has 0 aromatic carbocycles. The summed E-state index contributed by atoms with van der Waals surface area (Å²) in [5.74, 6) is -0.642. The van der Waals surface area contributed by atoms with Crippen LogP contribution >= 0.6 is 11.3 Å². The summed E-state index contributed by atoms with van der Waals surface area (Å²) in [4.78, 5) is 16.4. The Morgan fingerprint density at radius 3 is 2.96 bits per heavy atom. The van der Waals surface area contributed by atoms with Gasteiger partial charge in [-0.05, 0) is 6.92 Å². The zero-order valence-electron chi connectivity index (χ0n) is 12.8. The number of hydrogen-bond acceptors (Lipinski definition) is 6. The molecule has 2 N–H and O–H groups in total. The van der Waals surface area contributed by atoms with Crippen molar-refractivity contribution in [2.45, 2.75) is 19.4 Å². The molecule has 0 aliphatic carbocycles. The second-order valence-electron chi connectivity index (χ2n) is 4.99. The zero-order valence-corrected chi connectivity index (χ0v) is 13.6. The molecule has 0 spiro atoms. The number of H-pyrrole nitrogens is 1. The van der Waals surface area contributed by atoms with E-state index in [9.17, 15) is 13.6 Å². The number of nitrogens with zero attached hydrogens (tertiary/aromatic N) is 5. The molecule has 128 valence electrons. The Kier molecular flexibility index (Phi) is 4.53.